The van der Waals surface area contributed by atoms with E-state index in [0.29, 0.717) is 5.75 Å². The summed E-state index contributed by atoms with van der Waals surface area (Å²) in [6, 6.07) is 5.94. The largest absolute Gasteiger partial charge is 0.516 e. The van der Waals surface area contributed by atoms with Gasteiger partial charge in [-0.3, -0.25) is 4.79 Å². The molecule has 0 radical (unpaired) electrons. The molecule has 1 aromatic rings. The molecule has 1 rings (SSSR count). The fourth-order valence-electron chi connectivity index (χ4n) is 1.68. The second-order valence-electron chi connectivity index (χ2n) is 6.32. The zero-order valence-electron chi connectivity index (χ0n) is 14.3. The number of carbonyl (C=O) groups is 3. The minimum atomic E-state index is -1.08. The summed E-state index contributed by atoms with van der Waals surface area (Å²) in [5.41, 5.74) is 5.87. The Labute approximate surface area is 141 Å². The fourth-order valence-corrected chi connectivity index (χ4v) is 1.68. The number of benzene rings is 1. The van der Waals surface area contributed by atoms with Crippen LogP contribution in [0.3, 0.4) is 0 Å². The van der Waals surface area contributed by atoms with Gasteiger partial charge in [0.25, 0.3) is 0 Å². The van der Waals surface area contributed by atoms with Crippen molar-refractivity contribution in [2.75, 3.05) is 0 Å². The molecule has 7 heteroatoms. The van der Waals surface area contributed by atoms with E-state index in [9.17, 15) is 14.4 Å². The third-order valence-electron chi connectivity index (χ3n) is 2.76. The van der Waals surface area contributed by atoms with Gasteiger partial charge in [-0.1, -0.05) is 12.1 Å². The molecule has 0 aliphatic carbocycles. The van der Waals surface area contributed by atoms with E-state index < -0.39 is 29.7 Å². The molecule has 24 heavy (non-hydrogen) atoms. The van der Waals surface area contributed by atoms with Gasteiger partial charge in [-0.15, -0.1) is 0 Å². The van der Waals surface area contributed by atoms with Gasteiger partial charge in [0, 0.05) is 6.42 Å². The van der Waals surface area contributed by atoms with E-state index in [1.807, 2.05) is 13.0 Å². The molecule has 0 aromatic heterocycles. The molecule has 0 saturated carbocycles. The van der Waals surface area contributed by atoms with Gasteiger partial charge >= 0.3 is 18.1 Å². The maximum Gasteiger partial charge on any atom is 0.516 e. The molecule has 0 heterocycles. The number of nitrogens with two attached hydrogens (primary N) is 1. The topological polar surface area (TPSA) is 105 Å². The number of ether oxygens (including phenoxy) is 3. The molecular weight excluding hydrogens is 314 g/mol. The molecule has 0 amide bonds. The van der Waals surface area contributed by atoms with Crippen LogP contribution in [0.25, 0.3) is 0 Å². The molecule has 0 aliphatic rings. The average molecular weight is 337 g/mol. The molecular formula is C17H23NO6. The first-order valence-electron chi connectivity index (χ1n) is 7.54. The minimum absolute atomic E-state index is 0.00766. The standard InChI is InChI=1S/C17H23NO6/c1-11-6-5-7-12(10-11)22-15(20)13(18)8-9-14(19)23-16(21)24-17(2,3)4/h5-7,10,13H,8-9,18H2,1-4H3/t13-/m1/s1. The van der Waals surface area contributed by atoms with E-state index in [4.69, 9.17) is 15.2 Å². The highest BCUT2D eigenvalue weighted by Crippen LogP contribution is 2.14. The predicted octanol–water partition coefficient (Wildman–Crippen LogP) is 2.49. The SMILES string of the molecule is Cc1cccc(OC(=O)[C@H](N)CCC(=O)OC(=O)OC(C)(C)C)c1. The van der Waals surface area contributed by atoms with Crippen LogP contribution in [0.1, 0.15) is 39.2 Å². The van der Waals surface area contributed by atoms with Crippen molar-refractivity contribution in [2.45, 2.75) is 52.2 Å². The number of aryl methyl sites for hydroxylation is 1. The van der Waals surface area contributed by atoms with Gasteiger partial charge in [0.05, 0.1) is 0 Å². The summed E-state index contributed by atoms with van der Waals surface area (Å²) in [6.45, 7) is 6.81. The Bertz CT molecular complexity index is 605. The summed E-state index contributed by atoms with van der Waals surface area (Å²) in [5.74, 6) is -1.10. The molecule has 7 nitrogen and oxygen atoms in total. The molecule has 0 saturated heterocycles. The summed E-state index contributed by atoms with van der Waals surface area (Å²) in [4.78, 5) is 34.7. The van der Waals surface area contributed by atoms with Crippen molar-refractivity contribution < 1.29 is 28.6 Å². The second-order valence-corrected chi connectivity index (χ2v) is 6.32. The highest BCUT2D eigenvalue weighted by Gasteiger charge is 2.22. The molecule has 0 aliphatic heterocycles. The van der Waals surface area contributed by atoms with Crippen molar-refractivity contribution in [3.63, 3.8) is 0 Å². The van der Waals surface area contributed by atoms with Gasteiger partial charge < -0.3 is 19.9 Å². The summed E-state index contributed by atoms with van der Waals surface area (Å²) < 4.78 is 14.5. The first-order valence-corrected chi connectivity index (χ1v) is 7.54. The van der Waals surface area contributed by atoms with Gasteiger partial charge in [0.2, 0.25) is 0 Å². The number of hydrogen-bond donors (Lipinski definition) is 1. The first-order chi connectivity index (χ1) is 11.1. The van der Waals surface area contributed by atoms with E-state index in [-0.39, 0.29) is 12.8 Å². The normalized spacial score (nSPS) is 12.2. The van der Waals surface area contributed by atoms with Crippen molar-refractivity contribution in [3.8, 4) is 5.75 Å². The number of rotatable bonds is 5. The Morgan fingerprint density at radius 1 is 1.21 bits per heavy atom. The van der Waals surface area contributed by atoms with E-state index in [0.717, 1.165) is 5.56 Å². The van der Waals surface area contributed by atoms with Crippen LogP contribution in [0.2, 0.25) is 0 Å². The highest BCUT2D eigenvalue weighted by molar-refractivity contribution is 5.83. The third-order valence-corrected chi connectivity index (χ3v) is 2.76. The van der Waals surface area contributed by atoms with Crippen LogP contribution in [0, 0.1) is 6.92 Å². The number of hydrogen-bond acceptors (Lipinski definition) is 7. The Balaban J connectivity index is 2.39. The summed E-state index contributed by atoms with van der Waals surface area (Å²) in [5, 5.41) is 0. The van der Waals surface area contributed by atoms with Crippen LogP contribution in [-0.2, 0) is 19.1 Å². The third kappa shape index (κ3) is 7.73. The van der Waals surface area contributed by atoms with E-state index in [1.165, 1.54) is 0 Å². The lowest BCUT2D eigenvalue weighted by Gasteiger charge is -2.18. The monoisotopic (exact) mass is 337 g/mol. The smallest absolute Gasteiger partial charge is 0.428 e. The highest BCUT2D eigenvalue weighted by atomic mass is 16.7. The molecule has 2 N–H and O–H groups in total. The summed E-state index contributed by atoms with van der Waals surface area (Å²) >= 11 is 0. The van der Waals surface area contributed by atoms with Gasteiger partial charge in [-0.25, -0.2) is 9.59 Å². The lowest BCUT2D eigenvalue weighted by molar-refractivity contribution is -0.142. The molecule has 132 valence electrons. The van der Waals surface area contributed by atoms with Crippen molar-refractivity contribution in [1.29, 1.82) is 0 Å². The van der Waals surface area contributed by atoms with Crippen molar-refractivity contribution in [3.05, 3.63) is 29.8 Å². The zero-order chi connectivity index (χ0) is 18.3. The Morgan fingerprint density at radius 3 is 2.46 bits per heavy atom. The van der Waals surface area contributed by atoms with Crippen LogP contribution in [0.5, 0.6) is 5.75 Å². The fraction of sp³-hybridized carbons (Fsp3) is 0.471. The van der Waals surface area contributed by atoms with E-state index >= 15 is 0 Å². The maximum atomic E-state index is 11.9. The molecule has 1 aromatic carbocycles. The minimum Gasteiger partial charge on any atom is -0.428 e. The van der Waals surface area contributed by atoms with Crippen LogP contribution >= 0.6 is 0 Å². The van der Waals surface area contributed by atoms with E-state index in [2.05, 4.69) is 4.74 Å². The Kier molecular flexibility index (Phi) is 6.91. The predicted molar refractivity (Wildman–Crippen MR) is 86.3 cm³/mol. The van der Waals surface area contributed by atoms with Gasteiger partial charge in [-0.05, 0) is 51.8 Å². The second kappa shape index (κ2) is 8.44. The summed E-state index contributed by atoms with van der Waals surface area (Å²) in [6.07, 6.45) is -1.29. The Morgan fingerprint density at radius 2 is 1.88 bits per heavy atom. The quantitative estimate of drug-likeness (QED) is 0.500. The van der Waals surface area contributed by atoms with Gasteiger partial charge in [-0.2, -0.15) is 0 Å². The van der Waals surface area contributed by atoms with Crippen LogP contribution < -0.4 is 10.5 Å². The molecule has 0 fully saturated rings. The van der Waals surface area contributed by atoms with Crippen LogP contribution in [0.4, 0.5) is 4.79 Å². The van der Waals surface area contributed by atoms with E-state index in [1.54, 1.807) is 39.0 Å². The first kappa shape index (κ1) is 19.6. The maximum absolute atomic E-state index is 11.9. The number of carbonyl (C=O) groups excluding carboxylic acids is 3. The summed E-state index contributed by atoms with van der Waals surface area (Å²) in [7, 11) is 0. The van der Waals surface area contributed by atoms with Crippen molar-refractivity contribution in [1.82, 2.24) is 0 Å². The lowest BCUT2D eigenvalue weighted by atomic mass is 10.1. The van der Waals surface area contributed by atoms with Crippen molar-refractivity contribution >= 4 is 18.1 Å². The van der Waals surface area contributed by atoms with Crippen molar-refractivity contribution in [2.24, 2.45) is 5.73 Å². The number of esters is 2. The molecule has 0 bridgehead atoms. The molecule has 1 atom stereocenters. The van der Waals surface area contributed by atoms with Crippen LogP contribution in [-0.4, -0.2) is 29.7 Å². The van der Waals surface area contributed by atoms with Crippen LogP contribution in [0.15, 0.2) is 24.3 Å². The van der Waals surface area contributed by atoms with Gasteiger partial charge in [0.1, 0.15) is 17.4 Å². The lowest BCUT2D eigenvalue weighted by Crippen LogP contribution is -2.35. The van der Waals surface area contributed by atoms with Gasteiger partial charge in [0.15, 0.2) is 0 Å². The average Bonchev–Trinajstić information content (AvgIpc) is 2.42. The molecule has 0 spiro atoms. The zero-order valence-corrected chi connectivity index (χ0v) is 14.3. The Hall–Kier alpha value is -2.41. The molecule has 0 unspecified atom stereocenters.